The average Bonchev–Trinajstić information content (AvgIpc) is 2.75. The fourth-order valence-electron chi connectivity index (χ4n) is 2.70. The van der Waals surface area contributed by atoms with E-state index in [4.69, 9.17) is 9.47 Å². The number of pyridine rings is 2. The normalized spacial score (nSPS) is 10.4. The summed E-state index contributed by atoms with van der Waals surface area (Å²) in [4.78, 5) is 32.4. The van der Waals surface area contributed by atoms with Crippen molar-refractivity contribution in [1.82, 2.24) is 15.3 Å². The van der Waals surface area contributed by atoms with Gasteiger partial charge in [-0.05, 0) is 24.3 Å². The summed E-state index contributed by atoms with van der Waals surface area (Å²) in [6, 6.07) is 11.2. The van der Waals surface area contributed by atoms with E-state index in [9.17, 15) is 9.59 Å². The Kier molecular flexibility index (Phi) is 5.69. The lowest BCUT2D eigenvalue weighted by Crippen LogP contribution is -2.31. The first-order valence-electron chi connectivity index (χ1n) is 8.40. The Bertz CT molecular complexity index is 1040. The van der Waals surface area contributed by atoms with Crippen molar-refractivity contribution in [3.05, 3.63) is 48.3 Å². The highest BCUT2D eigenvalue weighted by atomic mass is 16.5. The molecule has 0 bridgehead atoms. The minimum Gasteiger partial charge on any atom is -0.497 e. The lowest BCUT2D eigenvalue weighted by atomic mass is 10.1. The first-order valence-corrected chi connectivity index (χ1v) is 8.40. The molecule has 3 rings (SSSR count). The summed E-state index contributed by atoms with van der Waals surface area (Å²) >= 11 is 0. The molecule has 8 nitrogen and oxygen atoms in total. The van der Waals surface area contributed by atoms with E-state index >= 15 is 0 Å². The van der Waals surface area contributed by atoms with Gasteiger partial charge in [0.1, 0.15) is 12.3 Å². The van der Waals surface area contributed by atoms with Gasteiger partial charge in [-0.1, -0.05) is 12.1 Å². The predicted molar refractivity (Wildman–Crippen MR) is 102 cm³/mol. The summed E-state index contributed by atoms with van der Waals surface area (Å²) < 4.78 is 15.2. The maximum absolute atomic E-state index is 12.4. The Morgan fingerprint density at radius 2 is 1.89 bits per heavy atom. The number of fused-ring (bicyclic) bond motifs is 1. The number of rotatable bonds is 6. The summed E-state index contributed by atoms with van der Waals surface area (Å²) in [5.41, 5.74) is 2.26. The molecule has 1 N–H and O–H groups in total. The molecule has 0 radical (unpaired) electrons. The number of amides is 1. The Labute approximate surface area is 161 Å². The molecular formula is C20H19N3O5. The Balaban J connectivity index is 1.98. The molecule has 0 aliphatic carbocycles. The van der Waals surface area contributed by atoms with Gasteiger partial charge in [0.2, 0.25) is 0 Å². The highest BCUT2D eigenvalue weighted by molar-refractivity contribution is 6.02. The predicted octanol–water partition coefficient (Wildman–Crippen LogP) is 2.22. The van der Waals surface area contributed by atoms with Crippen LogP contribution in [0.1, 0.15) is 10.5 Å². The molecule has 1 amide bonds. The van der Waals surface area contributed by atoms with Crippen LogP contribution < -0.4 is 14.8 Å². The van der Waals surface area contributed by atoms with Crippen molar-refractivity contribution in [3.63, 3.8) is 0 Å². The SMILES string of the molecule is COC(=O)CNC(=O)c1ncc2nc(-c3cccc(OC)c3)ccc2c1OC. The monoisotopic (exact) mass is 381 g/mol. The van der Waals surface area contributed by atoms with Crippen molar-refractivity contribution in [1.29, 1.82) is 0 Å². The number of hydrogen-bond acceptors (Lipinski definition) is 7. The van der Waals surface area contributed by atoms with Crippen molar-refractivity contribution in [2.75, 3.05) is 27.9 Å². The maximum atomic E-state index is 12.4. The van der Waals surface area contributed by atoms with Crippen LogP contribution in [0.2, 0.25) is 0 Å². The van der Waals surface area contributed by atoms with Crippen LogP contribution in [0.3, 0.4) is 0 Å². The van der Waals surface area contributed by atoms with Crippen LogP contribution in [0.25, 0.3) is 22.2 Å². The summed E-state index contributed by atoms with van der Waals surface area (Å²) in [5.74, 6) is -0.0870. The van der Waals surface area contributed by atoms with E-state index in [1.54, 1.807) is 7.11 Å². The third kappa shape index (κ3) is 3.85. The second kappa shape index (κ2) is 8.34. The lowest BCUT2D eigenvalue weighted by molar-refractivity contribution is -0.139. The van der Waals surface area contributed by atoms with Crippen molar-refractivity contribution < 1.29 is 23.8 Å². The number of nitrogens with one attached hydrogen (secondary N) is 1. The molecular weight excluding hydrogens is 362 g/mol. The van der Waals surface area contributed by atoms with Gasteiger partial charge in [0.15, 0.2) is 11.4 Å². The van der Waals surface area contributed by atoms with Crippen LogP contribution in [0.5, 0.6) is 11.5 Å². The van der Waals surface area contributed by atoms with Gasteiger partial charge < -0.3 is 19.5 Å². The van der Waals surface area contributed by atoms with Gasteiger partial charge in [0, 0.05) is 10.9 Å². The van der Waals surface area contributed by atoms with Crippen molar-refractivity contribution in [2.24, 2.45) is 0 Å². The number of nitrogens with zero attached hydrogens (tertiary/aromatic N) is 2. The van der Waals surface area contributed by atoms with Crippen LogP contribution in [0, 0.1) is 0 Å². The van der Waals surface area contributed by atoms with E-state index in [2.05, 4.69) is 20.0 Å². The van der Waals surface area contributed by atoms with Crippen molar-refractivity contribution >= 4 is 22.8 Å². The molecule has 0 atom stereocenters. The van der Waals surface area contributed by atoms with Gasteiger partial charge in [-0.15, -0.1) is 0 Å². The topological polar surface area (TPSA) is 99.6 Å². The van der Waals surface area contributed by atoms with Gasteiger partial charge in [-0.3, -0.25) is 9.59 Å². The van der Waals surface area contributed by atoms with Crippen LogP contribution in [-0.4, -0.2) is 49.7 Å². The van der Waals surface area contributed by atoms with E-state index in [0.717, 1.165) is 17.0 Å². The minimum absolute atomic E-state index is 0.0647. The Morgan fingerprint density at radius 1 is 1.07 bits per heavy atom. The first-order chi connectivity index (χ1) is 13.6. The quantitative estimate of drug-likeness (QED) is 0.654. The molecule has 144 valence electrons. The van der Waals surface area contributed by atoms with Gasteiger partial charge in [0.05, 0.1) is 38.7 Å². The third-order valence-corrected chi connectivity index (χ3v) is 4.11. The Morgan fingerprint density at radius 3 is 2.61 bits per heavy atom. The fourth-order valence-corrected chi connectivity index (χ4v) is 2.70. The number of carbonyl (C=O) groups excluding carboxylic acids is 2. The molecule has 0 aliphatic heterocycles. The number of hydrogen-bond donors (Lipinski definition) is 1. The Hall–Kier alpha value is -3.68. The zero-order valence-electron chi connectivity index (χ0n) is 15.7. The summed E-state index contributed by atoms with van der Waals surface area (Å²) in [5, 5.41) is 3.08. The van der Waals surface area contributed by atoms with Crippen LogP contribution >= 0.6 is 0 Å². The molecule has 28 heavy (non-hydrogen) atoms. The van der Waals surface area contributed by atoms with Gasteiger partial charge in [-0.2, -0.15) is 0 Å². The summed E-state index contributed by atoms with van der Waals surface area (Å²) in [6.45, 7) is -0.259. The molecule has 0 spiro atoms. The molecule has 8 heteroatoms. The third-order valence-electron chi connectivity index (χ3n) is 4.11. The highest BCUT2D eigenvalue weighted by Crippen LogP contribution is 2.30. The second-order valence-corrected chi connectivity index (χ2v) is 5.76. The van der Waals surface area contributed by atoms with Crippen LogP contribution in [0.15, 0.2) is 42.6 Å². The number of methoxy groups -OCH3 is 3. The van der Waals surface area contributed by atoms with Gasteiger partial charge >= 0.3 is 5.97 Å². The highest BCUT2D eigenvalue weighted by Gasteiger charge is 2.19. The molecule has 1 aromatic carbocycles. The van der Waals surface area contributed by atoms with Gasteiger partial charge in [-0.25, -0.2) is 9.97 Å². The standard InChI is InChI=1S/C20H19N3O5/c1-26-13-6-4-5-12(9-13)15-8-7-14-16(23-15)10-21-18(19(14)28-3)20(25)22-11-17(24)27-2/h4-10H,11H2,1-3H3,(H,22,25). The summed E-state index contributed by atoms with van der Waals surface area (Å²) in [6.07, 6.45) is 1.49. The van der Waals surface area contributed by atoms with E-state index in [1.165, 1.54) is 20.4 Å². The van der Waals surface area contributed by atoms with E-state index < -0.39 is 11.9 Å². The van der Waals surface area contributed by atoms with Crippen molar-refractivity contribution in [2.45, 2.75) is 0 Å². The molecule has 0 unspecified atom stereocenters. The van der Waals surface area contributed by atoms with E-state index in [-0.39, 0.29) is 18.0 Å². The molecule has 0 saturated carbocycles. The number of ether oxygens (including phenoxy) is 3. The van der Waals surface area contributed by atoms with E-state index in [0.29, 0.717) is 10.9 Å². The lowest BCUT2D eigenvalue weighted by Gasteiger charge is -2.11. The number of benzene rings is 1. The molecule has 2 aromatic heterocycles. The van der Waals surface area contributed by atoms with Crippen molar-refractivity contribution in [3.8, 4) is 22.8 Å². The van der Waals surface area contributed by atoms with Crippen LogP contribution in [0.4, 0.5) is 0 Å². The molecule has 0 saturated heterocycles. The van der Waals surface area contributed by atoms with E-state index in [1.807, 2.05) is 36.4 Å². The largest absolute Gasteiger partial charge is 0.497 e. The summed E-state index contributed by atoms with van der Waals surface area (Å²) in [7, 11) is 4.30. The zero-order chi connectivity index (χ0) is 20.1. The average molecular weight is 381 g/mol. The van der Waals surface area contributed by atoms with Crippen LogP contribution in [-0.2, 0) is 9.53 Å². The smallest absolute Gasteiger partial charge is 0.325 e. The number of esters is 1. The van der Waals surface area contributed by atoms with Gasteiger partial charge in [0.25, 0.3) is 5.91 Å². The zero-order valence-corrected chi connectivity index (χ0v) is 15.7. The maximum Gasteiger partial charge on any atom is 0.325 e. The number of aromatic nitrogens is 2. The second-order valence-electron chi connectivity index (χ2n) is 5.76. The molecule has 0 aliphatic rings. The fraction of sp³-hybridized carbons (Fsp3) is 0.200. The molecule has 3 aromatic rings. The minimum atomic E-state index is -0.558. The molecule has 0 fully saturated rings. The first kappa shape index (κ1) is 19.1. The number of carbonyl (C=O) groups is 2. The molecule has 2 heterocycles.